The van der Waals surface area contributed by atoms with Crippen LogP contribution in [0.5, 0.6) is 0 Å². The van der Waals surface area contributed by atoms with Crippen LogP contribution in [0, 0.1) is 11.8 Å². The number of aryl methyl sites for hydroxylation is 1. The summed E-state index contributed by atoms with van der Waals surface area (Å²) < 4.78 is 6.02. The number of carbonyl (C=O) groups excluding carboxylic acids is 1. The zero-order chi connectivity index (χ0) is 16.4. The molecule has 4 nitrogen and oxygen atoms in total. The molecule has 2 aromatic rings. The van der Waals surface area contributed by atoms with Crippen LogP contribution in [-0.4, -0.2) is 17.4 Å². The van der Waals surface area contributed by atoms with Gasteiger partial charge in [-0.1, -0.05) is 39.3 Å². The van der Waals surface area contributed by atoms with Crippen LogP contribution in [0.25, 0.3) is 11.1 Å². The van der Waals surface area contributed by atoms with Gasteiger partial charge in [0.25, 0.3) is 0 Å². The van der Waals surface area contributed by atoms with E-state index in [0.29, 0.717) is 11.8 Å². The Morgan fingerprint density at radius 3 is 3.00 bits per heavy atom. The number of aromatic nitrogens is 1. The summed E-state index contributed by atoms with van der Waals surface area (Å²) in [7, 11) is 0. The topological polar surface area (TPSA) is 55.1 Å². The Kier molecular flexibility index (Phi) is 4.69. The van der Waals surface area contributed by atoms with Gasteiger partial charge in [-0.15, -0.1) is 0 Å². The Morgan fingerprint density at radius 1 is 1.43 bits per heavy atom. The van der Waals surface area contributed by atoms with Gasteiger partial charge < -0.3 is 9.73 Å². The van der Waals surface area contributed by atoms with Crippen molar-refractivity contribution in [3.05, 3.63) is 29.7 Å². The predicted octanol–water partition coefficient (Wildman–Crippen LogP) is 4.05. The first-order chi connectivity index (χ1) is 11.1. The number of amides is 1. The molecule has 2 atom stereocenters. The normalized spacial score (nSPS) is 20.2. The van der Waals surface area contributed by atoms with E-state index in [-0.39, 0.29) is 11.8 Å². The van der Waals surface area contributed by atoms with Gasteiger partial charge in [0.1, 0.15) is 5.52 Å². The summed E-state index contributed by atoms with van der Waals surface area (Å²) in [5, 5.41) is 3.04. The molecule has 0 radical (unpaired) electrons. The number of nitrogens with zero attached hydrogens (tertiary/aromatic N) is 1. The van der Waals surface area contributed by atoms with Gasteiger partial charge in [-0.2, -0.15) is 0 Å². The molecule has 1 aromatic carbocycles. The minimum atomic E-state index is 0.0472. The lowest BCUT2D eigenvalue weighted by atomic mass is 10.1. The molecule has 1 saturated carbocycles. The van der Waals surface area contributed by atoms with Crippen molar-refractivity contribution >= 4 is 17.0 Å². The summed E-state index contributed by atoms with van der Waals surface area (Å²) in [5.41, 5.74) is 3.16. The van der Waals surface area contributed by atoms with E-state index >= 15 is 0 Å². The van der Waals surface area contributed by atoms with Gasteiger partial charge in [0.2, 0.25) is 5.91 Å². The molecule has 1 aliphatic carbocycles. The molecular weight excluding hydrogens is 288 g/mol. The molecule has 3 rings (SSSR count). The Bertz CT molecular complexity index is 690. The number of para-hydroxylation sites is 1. The van der Waals surface area contributed by atoms with Gasteiger partial charge in [-0.3, -0.25) is 4.79 Å². The lowest BCUT2D eigenvalue weighted by Crippen LogP contribution is -2.29. The summed E-state index contributed by atoms with van der Waals surface area (Å²) in [6, 6.07) is 6.23. The molecule has 0 spiro atoms. The largest absolute Gasteiger partial charge is 0.440 e. The maximum atomic E-state index is 11.7. The lowest BCUT2D eigenvalue weighted by molar-refractivity contribution is -0.124. The molecule has 23 heavy (non-hydrogen) atoms. The Hall–Kier alpha value is -1.84. The maximum absolute atomic E-state index is 11.7. The van der Waals surface area contributed by atoms with Gasteiger partial charge in [-0.05, 0) is 30.7 Å². The van der Waals surface area contributed by atoms with E-state index in [1.165, 1.54) is 5.56 Å². The third-order valence-electron chi connectivity index (χ3n) is 4.62. The van der Waals surface area contributed by atoms with E-state index in [1.807, 2.05) is 19.9 Å². The standard InChI is InChI=1S/C19H26N2O2/c1-4-5-9-17-21-16-8-6-7-14(18(16)23-17)15-10-13(15)11-20-19(22)12(2)3/h6-8,12-13,15H,4-5,9-11H2,1-3H3,(H,20,22)/t13-,15+/m0/s1. The number of nitrogens with one attached hydrogen (secondary N) is 1. The second-order valence-corrected chi connectivity index (χ2v) is 6.91. The molecule has 4 heteroatoms. The summed E-state index contributed by atoms with van der Waals surface area (Å²) in [5.74, 6) is 2.03. The van der Waals surface area contributed by atoms with Gasteiger partial charge in [0, 0.05) is 24.4 Å². The van der Waals surface area contributed by atoms with Crippen molar-refractivity contribution in [3.63, 3.8) is 0 Å². The molecule has 1 aliphatic rings. The van der Waals surface area contributed by atoms with E-state index in [1.54, 1.807) is 0 Å². The van der Waals surface area contributed by atoms with Crippen LogP contribution in [0.1, 0.15) is 57.4 Å². The van der Waals surface area contributed by atoms with Crippen LogP contribution < -0.4 is 5.32 Å². The van der Waals surface area contributed by atoms with Crippen LogP contribution in [0.3, 0.4) is 0 Å². The summed E-state index contributed by atoms with van der Waals surface area (Å²) in [4.78, 5) is 16.3. The van der Waals surface area contributed by atoms with E-state index < -0.39 is 0 Å². The van der Waals surface area contributed by atoms with Crippen molar-refractivity contribution in [2.75, 3.05) is 6.54 Å². The number of oxazole rings is 1. The third kappa shape index (κ3) is 3.57. The molecule has 124 valence electrons. The van der Waals surface area contributed by atoms with Crippen LogP contribution in [0.15, 0.2) is 22.6 Å². The molecule has 1 fully saturated rings. The van der Waals surface area contributed by atoms with Crippen LogP contribution >= 0.6 is 0 Å². The minimum Gasteiger partial charge on any atom is -0.440 e. The number of hydrogen-bond acceptors (Lipinski definition) is 3. The molecule has 0 aliphatic heterocycles. The van der Waals surface area contributed by atoms with Crippen molar-refractivity contribution < 1.29 is 9.21 Å². The molecule has 1 aromatic heterocycles. The Balaban J connectivity index is 1.69. The monoisotopic (exact) mass is 314 g/mol. The number of unbranched alkanes of at least 4 members (excludes halogenated alkanes) is 1. The number of carbonyl (C=O) groups is 1. The Morgan fingerprint density at radius 2 is 2.26 bits per heavy atom. The fourth-order valence-electron chi connectivity index (χ4n) is 3.03. The summed E-state index contributed by atoms with van der Waals surface area (Å²) in [6.45, 7) is 6.78. The molecule has 0 bridgehead atoms. The quantitative estimate of drug-likeness (QED) is 0.839. The Labute approximate surface area is 137 Å². The van der Waals surface area contributed by atoms with Gasteiger partial charge >= 0.3 is 0 Å². The average molecular weight is 314 g/mol. The zero-order valence-corrected chi connectivity index (χ0v) is 14.3. The van der Waals surface area contributed by atoms with Crippen LogP contribution in [0.4, 0.5) is 0 Å². The summed E-state index contributed by atoms with van der Waals surface area (Å²) >= 11 is 0. The fourth-order valence-corrected chi connectivity index (χ4v) is 3.03. The van der Waals surface area contributed by atoms with E-state index in [9.17, 15) is 4.79 Å². The first-order valence-electron chi connectivity index (χ1n) is 8.76. The second kappa shape index (κ2) is 6.73. The van der Waals surface area contributed by atoms with Crippen LogP contribution in [0.2, 0.25) is 0 Å². The van der Waals surface area contributed by atoms with Crippen molar-refractivity contribution in [2.45, 2.75) is 52.4 Å². The molecule has 1 N–H and O–H groups in total. The van der Waals surface area contributed by atoms with Gasteiger partial charge in [0.05, 0.1) is 0 Å². The SMILES string of the molecule is CCCCc1nc2cccc([C@@H]3C[C@H]3CNC(=O)C(C)C)c2o1. The first-order valence-corrected chi connectivity index (χ1v) is 8.76. The summed E-state index contributed by atoms with van der Waals surface area (Å²) in [6.07, 6.45) is 4.27. The number of fused-ring (bicyclic) bond motifs is 1. The number of rotatable bonds is 7. The second-order valence-electron chi connectivity index (χ2n) is 6.91. The average Bonchev–Trinajstić information content (AvgIpc) is 3.18. The number of hydrogen-bond donors (Lipinski definition) is 1. The number of benzene rings is 1. The van der Waals surface area contributed by atoms with Crippen molar-refractivity contribution in [1.29, 1.82) is 0 Å². The van der Waals surface area contributed by atoms with E-state index in [2.05, 4.69) is 29.4 Å². The maximum Gasteiger partial charge on any atom is 0.222 e. The van der Waals surface area contributed by atoms with Gasteiger partial charge in [0.15, 0.2) is 11.5 Å². The highest BCUT2D eigenvalue weighted by molar-refractivity contribution is 5.78. The van der Waals surface area contributed by atoms with Crippen molar-refractivity contribution in [2.24, 2.45) is 11.8 Å². The van der Waals surface area contributed by atoms with Crippen LogP contribution in [-0.2, 0) is 11.2 Å². The molecule has 1 heterocycles. The third-order valence-corrected chi connectivity index (χ3v) is 4.62. The molecule has 0 saturated heterocycles. The fraction of sp³-hybridized carbons (Fsp3) is 0.579. The zero-order valence-electron chi connectivity index (χ0n) is 14.3. The molecular formula is C19H26N2O2. The highest BCUT2D eigenvalue weighted by atomic mass is 16.3. The smallest absolute Gasteiger partial charge is 0.222 e. The highest BCUT2D eigenvalue weighted by Crippen LogP contribution is 2.49. The first kappa shape index (κ1) is 16.0. The highest BCUT2D eigenvalue weighted by Gasteiger charge is 2.40. The lowest BCUT2D eigenvalue weighted by Gasteiger charge is -2.07. The predicted molar refractivity (Wildman–Crippen MR) is 91.3 cm³/mol. The molecule has 0 unspecified atom stereocenters. The molecule has 1 amide bonds. The van der Waals surface area contributed by atoms with Gasteiger partial charge in [-0.25, -0.2) is 4.98 Å². The van der Waals surface area contributed by atoms with E-state index in [0.717, 1.165) is 49.2 Å². The van der Waals surface area contributed by atoms with Crippen molar-refractivity contribution in [3.8, 4) is 0 Å². The van der Waals surface area contributed by atoms with E-state index in [4.69, 9.17) is 4.42 Å². The minimum absolute atomic E-state index is 0.0472. The van der Waals surface area contributed by atoms with Crippen molar-refractivity contribution in [1.82, 2.24) is 10.3 Å².